The van der Waals surface area contributed by atoms with Crippen molar-refractivity contribution >= 4 is 27.2 Å². The van der Waals surface area contributed by atoms with Gasteiger partial charge in [-0.1, -0.05) is 12.1 Å². The van der Waals surface area contributed by atoms with Gasteiger partial charge in [-0.15, -0.1) is 11.3 Å². The van der Waals surface area contributed by atoms with Crippen molar-refractivity contribution in [2.24, 2.45) is 10.9 Å². The smallest absolute Gasteiger partial charge is 0.251 e. The summed E-state index contributed by atoms with van der Waals surface area (Å²) < 4.78 is 26.7. The molecule has 7 nitrogen and oxygen atoms in total. The highest BCUT2D eigenvalue weighted by Gasteiger charge is 2.21. The lowest BCUT2D eigenvalue weighted by Crippen LogP contribution is -2.37. The molecule has 0 bridgehead atoms. The summed E-state index contributed by atoms with van der Waals surface area (Å²) in [6.45, 7) is 3.55. The first-order valence-electron chi connectivity index (χ1n) is 5.30. The monoisotopic (exact) mass is 292 g/mol. The summed E-state index contributed by atoms with van der Waals surface area (Å²) in [4.78, 5) is 3.90. The number of hydrogen-bond acceptors (Lipinski definition) is 6. The topological polar surface area (TPSA) is 118 Å². The molecule has 9 heteroatoms. The fourth-order valence-corrected chi connectivity index (χ4v) is 3.75. The number of rotatable bonds is 6. The molecule has 18 heavy (non-hydrogen) atoms. The zero-order valence-corrected chi connectivity index (χ0v) is 11.8. The molecule has 1 aromatic rings. The van der Waals surface area contributed by atoms with E-state index in [4.69, 9.17) is 10.9 Å². The fourth-order valence-electron chi connectivity index (χ4n) is 1.31. The van der Waals surface area contributed by atoms with Crippen molar-refractivity contribution in [2.45, 2.75) is 36.9 Å². The molecule has 0 aliphatic rings. The average molecular weight is 292 g/mol. The molecule has 1 unspecified atom stereocenters. The highest BCUT2D eigenvalue weighted by molar-refractivity contribution is 7.91. The quantitative estimate of drug-likeness (QED) is 0.308. The Morgan fingerprint density at radius 2 is 2.39 bits per heavy atom. The standard InChI is InChI=1S/C9H16N4O3S2/c1-3-7(4-8(10)12-14)13-18(15,16)9-5-11-6(2)17-9/h5,7,13-14H,3-4H2,1-2H3,(H2,10,12). The molecule has 0 aliphatic heterocycles. The number of amidine groups is 1. The summed E-state index contributed by atoms with van der Waals surface area (Å²) in [6.07, 6.45) is 2.01. The lowest BCUT2D eigenvalue weighted by Gasteiger charge is -2.15. The second kappa shape index (κ2) is 6.12. The van der Waals surface area contributed by atoms with E-state index in [2.05, 4.69) is 14.9 Å². The van der Waals surface area contributed by atoms with Crippen molar-refractivity contribution in [3.05, 3.63) is 11.2 Å². The maximum atomic E-state index is 12.0. The molecule has 102 valence electrons. The van der Waals surface area contributed by atoms with Crippen LogP contribution in [-0.4, -0.2) is 30.5 Å². The van der Waals surface area contributed by atoms with Crippen molar-refractivity contribution in [1.29, 1.82) is 0 Å². The zero-order valence-electron chi connectivity index (χ0n) is 10.1. The number of nitrogens with one attached hydrogen (secondary N) is 1. The Balaban J connectivity index is 2.81. The van der Waals surface area contributed by atoms with Crippen LogP contribution in [0.25, 0.3) is 0 Å². The predicted molar refractivity (Wildman–Crippen MR) is 69.3 cm³/mol. The van der Waals surface area contributed by atoms with Gasteiger partial charge in [0.15, 0.2) is 4.21 Å². The Bertz CT molecular complexity index is 524. The molecule has 0 spiro atoms. The van der Waals surface area contributed by atoms with Crippen LogP contribution >= 0.6 is 11.3 Å². The fraction of sp³-hybridized carbons (Fsp3) is 0.556. The molecule has 0 radical (unpaired) electrons. The molecule has 0 fully saturated rings. The minimum absolute atomic E-state index is 0.00923. The van der Waals surface area contributed by atoms with Crippen molar-refractivity contribution in [1.82, 2.24) is 9.71 Å². The van der Waals surface area contributed by atoms with Crippen LogP contribution in [0.2, 0.25) is 0 Å². The summed E-state index contributed by atoms with van der Waals surface area (Å²) in [7, 11) is -3.59. The van der Waals surface area contributed by atoms with E-state index in [1.807, 2.05) is 6.92 Å². The molecule has 1 atom stereocenters. The second-order valence-corrected chi connectivity index (χ2v) is 6.90. The third-order valence-corrected chi connectivity index (χ3v) is 5.16. The minimum Gasteiger partial charge on any atom is -0.409 e. The number of sulfonamides is 1. The molecule has 0 aliphatic carbocycles. The van der Waals surface area contributed by atoms with E-state index >= 15 is 0 Å². The number of nitrogens with zero attached hydrogens (tertiary/aromatic N) is 2. The van der Waals surface area contributed by atoms with Crippen LogP contribution in [0.5, 0.6) is 0 Å². The molecule has 1 aromatic heterocycles. The molecular weight excluding hydrogens is 276 g/mol. The van der Waals surface area contributed by atoms with Crippen LogP contribution in [-0.2, 0) is 10.0 Å². The van der Waals surface area contributed by atoms with Crippen molar-refractivity contribution in [3.8, 4) is 0 Å². The summed E-state index contributed by atoms with van der Waals surface area (Å²) >= 11 is 1.10. The van der Waals surface area contributed by atoms with Gasteiger partial charge in [0.2, 0.25) is 0 Å². The van der Waals surface area contributed by atoms with Crippen molar-refractivity contribution in [3.63, 3.8) is 0 Å². The Morgan fingerprint density at radius 3 is 2.83 bits per heavy atom. The lowest BCUT2D eigenvalue weighted by atomic mass is 10.1. The van der Waals surface area contributed by atoms with Gasteiger partial charge in [-0.2, -0.15) is 0 Å². The molecule has 4 N–H and O–H groups in total. The Hall–Kier alpha value is -1.19. The predicted octanol–water partition coefficient (Wildman–Crippen LogP) is 0.645. The van der Waals surface area contributed by atoms with Crippen LogP contribution in [0.1, 0.15) is 24.8 Å². The highest BCUT2D eigenvalue weighted by Crippen LogP contribution is 2.18. The van der Waals surface area contributed by atoms with Gasteiger partial charge in [-0.25, -0.2) is 18.1 Å². The molecule has 1 heterocycles. The normalized spacial score (nSPS) is 14.7. The van der Waals surface area contributed by atoms with Crippen LogP contribution in [0.15, 0.2) is 15.6 Å². The number of aryl methyl sites for hydroxylation is 1. The van der Waals surface area contributed by atoms with Crippen LogP contribution in [0.3, 0.4) is 0 Å². The number of aromatic nitrogens is 1. The van der Waals surface area contributed by atoms with Gasteiger partial charge < -0.3 is 10.9 Å². The molecule has 0 aromatic carbocycles. The van der Waals surface area contributed by atoms with E-state index in [1.54, 1.807) is 6.92 Å². The SMILES string of the molecule is CCC(CC(N)=NO)NS(=O)(=O)c1cnc(C)s1. The number of nitrogens with two attached hydrogens (primary N) is 1. The Labute approximate surface area is 110 Å². The zero-order chi connectivity index (χ0) is 13.8. The summed E-state index contributed by atoms with van der Waals surface area (Å²) in [5, 5.41) is 12.0. The van der Waals surface area contributed by atoms with Gasteiger partial charge in [0, 0.05) is 12.5 Å². The maximum absolute atomic E-state index is 12.0. The maximum Gasteiger partial charge on any atom is 0.251 e. The molecule has 0 amide bonds. The number of thiazole rings is 1. The van der Waals surface area contributed by atoms with E-state index in [1.165, 1.54) is 6.20 Å². The van der Waals surface area contributed by atoms with Crippen LogP contribution in [0.4, 0.5) is 0 Å². The second-order valence-electron chi connectivity index (χ2n) is 3.72. The minimum atomic E-state index is -3.59. The van der Waals surface area contributed by atoms with Crippen LogP contribution in [0, 0.1) is 6.92 Å². The first kappa shape index (κ1) is 14.9. The molecule has 0 saturated heterocycles. The van der Waals surface area contributed by atoms with Gasteiger partial charge in [0.1, 0.15) is 5.84 Å². The van der Waals surface area contributed by atoms with Gasteiger partial charge >= 0.3 is 0 Å². The first-order chi connectivity index (χ1) is 8.39. The van der Waals surface area contributed by atoms with E-state index in [0.29, 0.717) is 11.4 Å². The first-order valence-corrected chi connectivity index (χ1v) is 7.60. The van der Waals surface area contributed by atoms with Crippen LogP contribution < -0.4 is 10.5 Å². The van der Waals surface area contributed by atoms with Crippen molar-refractivity contribution < 1.29 is 13.6 Å². The van der Waals surface area contributed by atoms with Gasteiger partial charge in [-0.3, -0.25) is 0 Å². The molecule has 0 saturated carbocycles. The summed E-state index contributed by atoms with van der Waals surface area (Å²) in [6, 6.07) is -0.409. The third kappa shape index (κ3) is 3.93. The Morgan fingerprint density at radius 1 is 1.72 bits per heavy atom. The third-order valence-electron chi connectivity index (χ3n) is 2.26. The van der Waals surface area contributed by atoms with E-state index < -0.39 is 16.1 Å². The summed E-state index contributed by atoms with van der Waals surface area (Å²) in [5.74, 6) is -0.00923. The number of oxime groups is 1. The van der Waals surface area contributed by atoms with E-state index in [0.717, 1.165) is 11.3 Å². The number of hydrogen-bond donors (Lipinski definition) is 3. The largest absolute Gasteiger partial charge is 0.409 e. The Kier molecular flexibility index (Phi) is 5.05. The van der Waals surface area contributed by atoms with Gasteiger partial charge in [0.05, 0.1) is 11.2 Å². The highest BCUT2D eigenvalue weighted by atomic mass is 32.2. The van der Waals surface area contributed by atoms with E-state index in [9.17, 15) is 8.42 Å². The van der Waals surface area contributed by atoms with Crippen molar-refractivity contribution in [2.75, 3.05) is 0 Å². The van der Waals surface area contributed by atoms with Gasteiger partial charge in [0.25, 0.3) is 10.0 Å². The molecular formula is C9H16N4O3S2. The average Bonchev–Trinajstić information content (AvgIpc) is 2.75. The van der Waals surface area contributed by atoms with E-state index in [-0.39, 0.29) is 16.5 Å². The summed E-state index contributed by atoms with van der Waals surface area (Å²) in [5.41, 5.74) is 5.37. The lowest BCUT2D eigenvalue weighted by molar-refractivity contribution is 0.316. The molecule has 1 rings (SSSR count). The van der Waals surface area contributed by atoms with Gasteiger partial charge in [-0.05, 0) is 13.3 Å².